The van der Waals surface area contributed by atoms with Gasteiger partial charge in [0.15, 0.2) is 0 Å². The number of hydrogen-bond acceptors (Lipinski definition) is 3. The Morgan fingerprint density at radius 2 is 2.33 bits per heavy atom. The molecule has 0 aliphatic rings. The van der Waals surface area contributed by atoms with Crippen molar-refractivity contribution in [2.45, 2.75) is 25.8 Å². The lowest BCUT2D eigenvalue weighted by molar-refractivity contribution is 0.645. The standard InChI is InChI=1S/C11H13ClN2S/c1-2-8(13)6-11-14-9-5-7(12)3-4-10(9)15-11/h3-5,8H,2,6,13H2,1H3. The van der Waals surface area contributed by atoms with E-state index in [2.05, 4.69) is 11.9 Å². The highest BCUT2D eigenvalue weighted by atomic mass is 35.5. The van der Waals surface area contributed by atoms with E-state index in [1.54, 1.807) is 11.3 Å². The lowest BCUT2D eigenvalue weighted by atomic mass is 10.2. The van der Waals surface area contributed by atoms with Gasteiger partial charge < -0.3 is 5.73 Å². The highest BCUT2D eigenvalue weighted by molar-refractivity contribution is 7.18. The molecule has 0 aliphatic heterocycles. The van der Waals surface area contributed by atoms with Gasteiger partial charge in [-0.15, -0.1) is 11.3 Å². The van der Waals surface area contributed by atoms with Crippen LogP contribution in [0.3, 0.4) is 0 Å². The lowest BCUT2D eigenvalue weighted by Crippen LogP contribution is -2.21. The van der Waals surface area contributed by atoms with E-state index in [1.807, 2.05) is 18.2 Å². The Morgan fingerprint density at radius 3 is 3.07 bits per heavy atom. The average molecular weight is 241 g/mol. The van der Waals surface area contributed by atoms with Crippen molar-refractivity contribution < 1.29 is 0 Å². The fourth-order valence-electron chi connectivity index (χ4n) is 1.40. The fraction of sp³-hybridized carbons (Fsp3) is 0.364. The monoisotopic (exact) mass is 240 g/mol. The maximum atomic E-state index is 5.90. The van der Waals surface area contributed by atoms with Gasteiger partial charge in [-0.25, -0.2) is 4.98 Å². The molecule has 0 aliphatic carbocycles. The molecule has 1 unspecified atom stereocenters. The second-order valence-electron chi connectivity index (χ2n) is 3.59. The molecule has 80 valence electrons. The van der Waals surface area contributed by atoms with Crippen LogP contribution in [0, 0.1) is 0 Å². The number of hydrogen-bond donors (Lipinski definition) is 1. The molecule has 0 fully saturated rings. The number of aromatic nitrogens is 1. The predicted octanol–water partition coefficient (Wildman–Crippen LogP) is 3.23. The highest BCUT2D eigenvalue weighted by Crippen LogP contribution is 2.25. The molecule has 0 radical (unpaired) electrons. The van der Waals surface area contributed by atoms with Crippen LogP contribution in [-0.4, -0.2) is 11.0 Å². The lowest BCUT2D eigenvalue weighted by Gasteiger charge is -2.03. The zero-order valence-electron chi connectivity index (χ0n) is 8.53. The molecule has 1 aromatic heterocycles. The van der Waals surface area contributed by atoms with Crippen LogP contribution in [0.2, 0.25) is 5.02 Å². The van der Waals surface area contributed by atoms with Gasteiger partial charge in [-0.2, -0.15) is 0 Å². The van der Waals surface area contributed by atoms with Gasteiger partial charge in [0.1, 0.15) is 0 Å². The molecule has 0 saturated carbocycles. The zero-order chi connectivity index (χ0) is 10.8. The maximum Gasteiger partial charge on any atom is 0.0954 e. The van der Waals surface area contributed by atoms with Crippen molar-refractivity contribution in [2.24, 2.45) is 5.73 Å². The number of nitrogens with two attached hydrogens (primary N) is 1. The van der Waals surface area contributed by atoms with E-state index in [0.29, 0.717) is 0 Å². The molecule has 2 rings (SSSR count). The van der Waals surface area contributed by atoms with Crippen LogP contribution < -0.4 is 5.73 Å². The summed E-state index contributed by atoms with van der Waals surface area (Å²) in [6, 6.07) is 6.01. The van der Waals surface area contributed by atoms with Crippen molar-refractivity contribution >= 4 is 33.2 Å². The summed E-state index contributed by atoms with van der Waals surface area (Å²) in [5.74, 6) is 0. The predicted molar refractivity (Wildman–Crippen MR) is 66.6 cm³/mol. The van der Waals surface area contributed by atoms with Crippen LogP contribution in [0.25, 0.3) is 10.2 Å². The van der Waals surface area contributed by atoms with Crippen LogP contribution in [-0.2, 0) is 6.42 Å². The molecule has 15 heavy (non-hydrogen) atoms. The fourth-order valence-corrected chi connectivity index (χ4v) is 2.61. The van der Waals surface area contributed by atoms with E-state index in [1.165, 1.54) is 4.70 Å². The summed E-state index contributed by atoms with van der Waals surface area (Å²) in [5.41, 5.74) is 6.87. The molecule has 1 aromatic carbocycles. The Morgan fingerprint density at radius 1 is 1.53 bits per heavy atom. The summed E-state index contributed by atoms with van der Waals surface area (Å²) in [7, 11) is 0. The first-order valence-electron chi connectivity index (χ1n) is 4.99. The van der Waals surface area contributed by atoms with Gasteiger partial charge in [0.25, 0.3) is 0 Å². The molecule has 2 nitrogen and oxygen atoms in total. The highest BCUT2D eigenvalue weighted by Gasteiger charge is 2.07. The molecule has 2 N–H and O–H groups in total. The van der Waals surface area contributed by atoms with Crippen LogP contribution in [0.1, 0.15) is 18.4 Å². The van der Waals surface area contributed by atoms with Crippen molar-refractivity contribution in [3.8, 4) is 0 Å². The smallest absolute Gasteiger partial charge is 0.0954 e. The third kappa shape index (κ3) is 2.48. The maximum absolute atomic E-state index is 5.90. The minimum Gasteiger partial charge on any atom is -0.327 e. The van der Waals surface area contributed by atoms with Crippen molar-refractivity contribution in [3.63, 3.8) is 0 Å². The summed E-state index contributed by atoms with van der Waals surface area (Å²) >= 11 is 7.60. The van der Waals surface area contributed by atoms with Crippen LogP contribution >= 0.6 is 22.9 Å². The van der Waals surface area contributed by atoms with E-state index < -0.39 is 0 Å². The topological polar surface area (TPSA) is 38.9 Å². The normalized spacial score (nSPS) is 13.3. The van der Waals surface area contributed by atoms with Crippen LogP contribution in [0.5, 0.6) is 0 Å². The van der Waals surface area contributed by atoms with E-state index in [9.17, 15) is 0 Å². The number of fused-ring (bicyclic) bond motifs is 1. The summed E-state index contributed by atoms with van der Waals surface area (Å²) in [4.78, 5) is 4.52. The zero-order valence-corrected chi connectivity index (χ0v) is 10.1. The third-order valence-corrected chi connectivity index (χ3v) is 3.65. The second-order valence-corrected chi connectivity index (χ2v) is 5.14. The first kappa shape index (κ1) is 10.9. The van der Waals surface area contributed by atoms with Gasteiger partial charge in [0.05, 0.1) is 15.2 Å². The Bertz CT molecular complexity index is 467. The summed E-state index contributed by atoms with van der Waals surface area (Å²) < 4.78 is 1.18. The van der Waals surface area contributed by atoms with Gasteiger partial charge in [0, 0.05) is 17.5 Å². The quantitative estimate of drug-likeness (QED) is 0.895. The van der Waals surface area contributed by atoms with Gasteiger partial charge in [0.2, 0.25) is 0 Å². The summed E-state index contributed by atoms with van der Waals surface area (Å²) in [5, 5.41) is 1.83. The third-order valence-electron chi connectivity index (χ3n) is 2.36. The minimum atomic E-state index is 0.209. The first-order valence-corrected chi connectivity index (χ1v) is 6.19. The Balaban J connectivity index is 2.30. The van der Waals surface area contributed by atoms with Crippen LogP contribution in [0.4, 0.5) is 0 Å². The van der Waals surface area contributed by atoms with E-state index >= 15 is 0 Å². The van der Waals surface area contributed by atoms with Gasteiger partial charge in [-0.3, -0.25) is 0 Å². The molecule has 0 bridgehead atoms. The van der Waals surface area contributed by atoms with Gasteiger partial charge >= 0.3 is 0 Å². The number of rotatable bonds is 3. The summed E-state index contributed by atoms with van der Waals surface area (Å²) in [6.45, 7) is 2.09. The molecular formula is C11H13ClN2S. The average Bonchev–Trinajstić information content (AvgIpc) is 2.59. The largest absolute Gasteiger partial charge is 0.327 e. The van der Waals surface area contributed by atoms with E-state index in [0.717, 1.165) is 28.4 Å². The van der Waals surface area contributed by atoms with E-state index in [-0.39, 0.29) is 6.04 Å². The number of thiazole rings is 1. The molecule has 1 atom stereocenters. The van der Waals surface area contributed by atoms with Crippen molar-refractivity contribution in [1.82, 2.24) is 4.98 Å². The Kier molecular flexibility index (Phi) is 3.24. The van der Waals surface area contributed by atoms with Gasteiger partial charge in [-0.1, -0.05) is 18.5 Å². The number of nitrogens with zero attached hydrogens (tertiary/aromatic N) is 1. The second kappa shape index (κ2) is 4.47. The van der Waals surface area contributed by atoms with Crippen molar-refractivity contribution in [3.05, 3.63) is 28.2 Å². The minimum absolute atomic E-state index is 0.209. The Labute approximate surface area is 98.1 Å². The molecule has 0 amide bonds. The van der Waals surface area contributed by atoms with Gasteiger partial charge in [-0.05, 0) is 24.6 Å². The SMILES string of the molecule is CCC(N)Cc1nc2cc(Cl)ccc2s1. The molecule has 0 saturated heterocycles. The van der Waals surface area contributed by atoms with Crippen molar-refractivity contribution in [1.29, 1.82) is 0 Å². The first-order chi connectivity index (χ1) is 7.19. The van der Waals surface area contributed by atoms with Crippen LogP contribution in [0.15, 0.2) is 18.2 Å². The Hall–Kier alpha value is -0.640. The molecule has 0 spiro atoms. The number of halogens is 1. The van der Waals surface area contributed by atoms with Crippen molar-refractivity contribution in [2.75, 3.05) is 0 Å². The molecule has 1 heterocycles. The van der Waals surface area contributed by atoms with E-state index in [4.69, 9.17) is 17.3 Å². The molecular weight excluding hydrogens is 228 g/mol. The summed E-state index contributed by atoms with van der Waals surface area (Å²) in [6.07, 6.45) is 1.84. The number of benzene rings is 1. The molecule has 4 heteroatoms. The molecule has 2 aromatic rings.